The predicted molar refractivity (Wildman–Crippen MR) is 149 cm³/mol. The molecule has 6 rings (SSSR count). The largest absolute Gasteiger partial charge is 0.388 e. The third-order valence-corrected chi connectivity index (χ3v) is 8.97. The number of nitrogens with one attached hydrogen (secondary N) is 1. The van der Waals surface area contributed by atoms with Gasteiger partial charge in [-0.15, -0.1) is 0 Å². The van der Waals surface area contributed by atoms with Crippen molar-refractivity contribution in [3.8, 4) is 5.69 Å². The van der Waals surface area contributed by atoms with E-state index in [1.165, 1.54) is 27.8 Å². The fraction of sp³-hybridized carbons (Fsp3) is 0.357. The SMILES string of the molecule is Cc1cccc(S(=O)(=O)Nc2cccc(-n3ncc4c(=O)n(CC5(O)CCN(C(=O)C6CC6)CC5)cnc43)c2)c1. The highest BCUT2D eigenvalue weighted by Crippen LogP contribution is 2.33. The number of carbonyl (C=O) groups excluding carboxylic acids is 1. The summed E-state index contributed by atoms with van der Waals surface area (Å²) in [5, 5.41) is 15.8. The minimum absolute atomic E-state index is 0.0711. The summed E-state index contributed by atoms with van der Waals surface area (Å²) in [5.74, 6) is 0.313. The van der Waals surface area contributed by atoms with Gasteiger partial charge in [-0.05, 0) is 68.5 Å². The Kier molecular flexibility index (Phi) is 6.46. The molecule has 208 valence electrons. The molecule has 0 bridgehead atoms. The maximum Gasteiger partial charge on any atom is 0.264 e. The van der Waals surface area contributed by atoms with Gasteiger partial charge in [0.05, 0.1) is 34.6 Å². The average molecular weight is 563 g/mol. The molecule has 1 aliphatic carbocycles. The second kappa shape index (κ2) is 9.86. The Morgan fingerprint density at radius 1 is 1.12 bits per heavy atom. The second-order valence-electron chi connectivity index (χ2n) is 10.8. The highest BCUT2D eigenvalue weighted by Gasteiger charge is 2.39. The van der Waals surface area contributed by atoms with Gasteiger partial charge in [0.25, 0.3) is 15.6 Å². The lowest BCUT2D eigenvalue weighted by Crippen LogP contribution is -2.50. The van der Waals surface area contributed by atoms with Gasteiger partial charge in [0.1, 0.15) is 11.7 Å². The summed E-state index contributed by atoms with van der Waals surface area (Å²) in [7, 11) is -3.80. The summed E-state index contributed by atoms with van der Waals surface area (Å²) < 4.78 is 31.2. The number of rotatable bonds is 7. The van der Waals surface area contributed by atoms with Crippen LogP contribution >= 0.6 is 0 Å². The first-order chi connectivity index (χ1) is 19.1. The lowest BCUT2D eigenvalue weighted by atomic mass is 9.91. The van der Waals surface area contributed by atoms with E-state index >= 15 is 0 Å². The average Bonchev–Trinajstić information content (AvgIpc) is 3.69. The number of aliphatic hydroxyl groups is 1. The van der Waals surface area contributed by atoms with Crippen LogP contribution in [0.15, 0.2) is 70.7 Å². The molecule has 1 saturated heterocycles. The highest BCUT2D eigenvalue weighted by molar-refractivity contribution is 7.92. The molecule has 11 nitrogen and oxygen atoms in total. The molecule has 0 atom stereocenters. The Labute approximate surface area is 231 Å². The van der Waals surface area contributed by atoms with Crippen molar-refractivity contribution in [2.75, 3.05) is 17.8 Å². The van der Waals surface area contributed by atoms with Gasteiger partial charge in [-0.1, -0.05) is 18.2 Å². The van der Waals surface area contributed by atoms with Gasteiger partial charge in [0, 0.05) is 19.0 Å². The molecule has 2 aliphatic rings. The summed E-state index contributed by atoms with van der Waals surface area (Å²) in [6.45, 7) is 2.84. The van der Waals surface area contributed by atoms with Crippen LogP contribution in [0.2, 0.25) is 0 Å². The number of carbonyl (C=O) groups is 1. The minimum atomic E-state index is -3.80. The second-order valence-corrected chi connectivity index (χ2v) is 12.4. The molecule has 2 fully saturated rings. The molecule has 2 aromatic carbocycles. The molecule has 4 aromatic rings. The van der Waals surface area contributed by atoms with Crippen molar-refractivity contribution in [3.63, 3.8) is 0 Å². The number of sulfonamides is 1. The molecule has 40 heavy (non-hydrogen) atoms. The summed E-state index contributed by atoms with van der Waals surface area (Å²) in [4.78, 5) is 32.1. The molecule has 1 amide bonds. The van der Waals surface area contributed by atoms with Crippen LogP contribution in [-0.2, 0) is 21.4 Å². The van der Waals surface area contributed by atoms with Crippen molar-refractivity contribution in [2.24, 2.45) is 5.92 Å². The highest BCUT2D eigenvalue weighted by atomic mass is 32.2. The number of benzene rings is 2. The zero-order valence-electron chi connectivity index (χ0n) is 22.0. The molecule has 0 unspecified atom stereocenters. The van der Waals surface area contributed by atoms with Gasteiger partial charge in [-0.3, -0.25) is 18.9 Å². The lowest BCUT2D eigenvalue weighted by Gasteiger charge is -2.38. The van der Waals surface area contributed by atoms with Crippen LogP contribution in [-0.4, -0.2) is 62.4 Å². The van der Waals surface area contributed by atoms with Gasteiger partial charge in [-0.2, -0.15) is 5.10 Å². The van der Waals surface area contributed by atoms with E-state index in [9.17, 15) is 23.1 Å². The van der Waals surface area contributed by atoms with Crippen molar-refractivity contribution in [1.29, 1.82) is 0 Å². The summed E-state index contributed by atoms with van der Waals surface area (Å²) in [6.07, 6.45) is 5.49. The van der Waals surface area contributed by atoms with Crippen molar-refractivity contribution in [2.45, 2.75) is 49.6 Å². The van der Waals surface area contributed by atoms with Gasteiger partial charge in [0.15, 0.2) is 5.65 Å². The summed E-state index contributed by atoms with van der Waals surface area (Å²) >= 11 is 0. The molecule has 2 N–H and O–H groups in total. The van der Waals surface area contributed by atoms with Crippen LogP contribution in [0.1, 0.15) is 31.2 Å². The van der Waals surface area contributed by atoms with Crippen LogP contribution in [0.3, 0.4) is 0 Å². The van der Waals surface area contributed by atoms with E-state index in [0.29, 0.717) is 43.0 Å². The molecular weight excluding hydrogens is 532 g/mol. The minimum Gasteiger partial charge on any atom is -0.388 e. The number of hydrogen-bond acceptors (Lipinski definition) is 7. The van der Waals surface area contributed by atoms with E-state index < -0.39 is 15.6 Å². The molecule has 0 radical (unpaired) electrons. The fourth-order valence-electron chi connectivity index (χ4n) is 5.15. The van der Waals surface area contributed by atoms with Crippen molar-refractivity contribution in [3.05, 3.63) is 77.0 Å². The number of fused-ring (bicyclic) bond motifs is 1. The van der Waals surface area contributed by atoms with E-state index in [1.54, 1.807) is 36.4 Å². The Morgan fingerprint density at radius 2 is 1.88 bits per heavy atom. The number of piperidine rings is 1. The molecule has 0 spiro atoms. The van der Waals surface area contributed by atoms with Crippen LogP contribution in [0.5, 0.6) is 0 Å². The van der Waals surface area contributed by atoms with Gasteiger partial charge >= 0.3 is 0 Å². The molecule has 2 aromatic heterocycles. The standard InChI is InChI=1S/C28H30N6O5S/c1-19-4-2-7-23(14-19)40(38,39)31-21-5-3-6-22(15-21)34-25-24(16-30-34)27(36)33(18-29-25)17-28(37)10-12-32(13-11-28)26(35)20-8-9-20/h2-7,14-16,18,20,31,37H,8-13,17H2,1H3. The zero-order valence-corrected chi connectivity index (χ0v) is 22.8. The van der Waals surface area contributed by atoms with Crippen molar-refractivity contribution >= 4 is 32.7 Å². The Morgan fingerprint density at radius 3 is 2.60 bits per heavy atom. The molecule has 3 heterocycles. The van der Waals surface area contributed by atoms with Gasteiger partial charge in [-0.25, -0.2) is 18.1 Å². The topological polar surface area (TPSA) is 139 Å². The number of anilines is 1. The quantitative estimate of drug-likeness (QED) is 0.353. The third kappa shape index (κ3) is 5.11. The van der Waals surface area contributed by atoms with E-state index in [2.05, 4.69) is 14.8 Å². The number of hydrogen-bond donors (Lipinski definition) is 2. The molecule has 1 saturated carbocycles. The normalized spacial score (nSPS) is 17.2. The van der Waals surface area contributed by atoms with Crippen molar-refractivity contribution in [1.82, 2.24) is 24.2 Å². The Bertz CT molecular complexity index is 1770. The third-order valence-electron chi connectivity index (χ3n) is 7.59. The van der Waals surface area contributed by atoms with E-state index in [-0.39, 0.29) is 34.2 Å². The first-order valence-corrected chi connectivity index (χ1v) is 14.7. The summed E-state index contributed by atoms with van der Waals surface area (Å²) in [6, 6.07) is 13.3. The number of nitrogens with zero attached hydrogens (tertiary/aromatic N) is 5. The van der Waals surface area contributed by atoms with E-state index in [4.69, 9.17) is 0 Å². The van der Waals surface area contributed by atoms with Crippen LogP contribution in [0.25, 0.3) is 16.7 Å². The van der Waals surface area contributed by atoms with Crippen LogP contribution in [0.4, 0.5) is 5.69 Å². The molecular formula is C28H30N6O5S. The monoisotopic (exact) mass is 562 g/mol. The van der Waals surface area contributed by atoms with Crippen LogP contribution in [0, 0.1) is 12.8 Å². The molecule has 1 aliphatic heterocycles. The summed E-state index contributed by atoms with van der Waals surface area (Å²) in [5.41, 5.74) is 0.560. The van der Waals surface area contributed by atoms with E-state index in [1.807, 2.05) is 17.9 Å². The fourth-order valence-corrected chi connectivity index (χ4v) is 6.31. The maximum atomic E-state index is 13.3. The van der Waals surface area contributed by atoms with Crippen molar-refractivity contribution < 1.29 is 18.3 Å². The Hall–Kier alpha value is -4.03. The lowest BCUT2D eigenvalue weighted by molar-refractivity contribution is -0.137. The molecule has 12 heteroatoms. The number of aryl methyl sites for hydroxylation is 1. The smallest absolute Gasteiger partial charge is 0.264 e. The van der Waals surface area contributed by atoms with Gasteiger partial charge < -0.3 is 10.0 Å². The number of likely N-dealkylation sites (tertiary alicyclic amines) is 1. The van der Waals surface area contributed by atoms with Gasteiger partial charge in [0.2, 0.25) is 5.91 Å². The first-order valence-electron chi connectivity index (χ1n) is 13.3. The zero-order chi connectivity index (χ0) is 28.1. The van der Waals surface area contributed by atoms with Crippen LogP contribution < -0.4 is 10.3 Å². The first kappa shape index (κ1) is 26.2. The number of aromatic nitrogens is 4. The Balaban J connectivity index is 1.21. The van der Waals surface area contributed by atoms with E-state index in [0.717, 1.165) is 18.4 Å². The predicted octanol–water partition coefficient (Wildman–Crippen LogP) is 2.45. The maximum absolute atomic E-state index is 13.3. The number of amides is 1.